The summed E-state index contributed by atoms with van der Waals surface area (Å²) in [6.07, 6.45) is 6.45. The van der Waals surface area contributed by atoms with Crippen LogP contribution in [0.5, 0.6) is 5.75 Å². The van der Waals surface area contributed by atoms with E-state index in [4.69, 9.17) is 14.2 Å². The lowest BCUT2D eigenvalue weighted by Crippen LogP contribution is -2.56. The van der Waals surface area contributed by atoms with Crippen LogP contribution in [0.4, 0.5) is 0 Å². The molecule has 168 valence electrons. The summed E-state index contributed by atoms with van der Waals surface area (Å²) in [6, 6.07) is 8.40. The number of carbonyl (C=O) groups is 2. The molecule has 2 fully saturated rings. The molecule has 6 heteroatoms. The molecule has 8 bridgehead atoms. The SMILES string of the molecule is CC(=O)O[C@H]1C[C@H]2[C@H]3CCc4cc5ccc4C3CC[C@]2(C)[C@@]1(OC(C)=O)C=CC(C#N)O5. The largest absolute Gasteiger partial charge is 0.471 e. The van der Waals surface area contributed by atoms with E-state index in [1.54, 1.807) is 12.2 Å². The van der Waals surface area contributed by atoms with E-state index in [2.05, 4.69) is 25.1 Å². The number of ether oxygens (including phenoxy) is 3. The van der Waals surface area contributed by atoms with Crippen molar-refractivity contribution < 1.29 is 23.8 Å². The van der Waals surface area contributed by atoms with Crippen molar-refractivity contribution in [3.63, 3.8) is 0 Å². The Hall–Kier alpha value is -2.81. The van der Waals surface area contributed by atoms with Crippen LogP contribution in [0.1, 0.15) is 63.5 Å². The van der Waals surface area contributed by atoms with E-state index in [0.29, 0.717) is 24.0 Å². The highest BCUT2D eigenvalue weighted by Gasteiger charge is 2.68. The number of hydrogen-bond donors (Lipinski definition) is 0. The van der Waals surface area contributed by atoms with E-state index in [1.165, 1.54) is 25.0 Å². The van der Waals surface area contributed by atoms with Crippen LogP contribution in [-0.2, 0) is 25.5 Å². The summed E-state index contributed by atoms with van der Waals surface area (Å²) in [7, 11) is 0. The lowest BCUT2D eigenvalue weighted by molar-refractivity contribution is -0.188. The second kappa shape index (κ2) is 7.37. The van der Waals surface area contributed by atoms with E-state index in [1.807, 2.05) is 6.07 Å². The molecule has 6 aliphatic rings. The molecule has 7 atom stereocenters. The Labute approximate surface area is 188 Å². The van der Waals surface area contributed by atoms with Crippen molar-refractivity contribution in [3.8, 4) is 11.8 Å². The fraction of sp³-hybridized carbons (Fsp3) is 0.577. The molecule has 0 aromatic heterocycles. The second-order valence-corrected chi connectivity index (χ2v) is 9.98. The highest BCUT2D eigenvalue weighted by Crippen LogP contribution is 2.66. The number of carbonyl (C=O) groups excluding carboxylic acids is 2. The first-order chi connectivity index (χ1) is 15.3. The predicted octanol–water partition coefficient (Wildman–Crippen LogP) is 4.23. The fourth-order valence-corrected chi connectivity index (χ4v) is 7.22. The number of nitrogens with zero attached hydrogens (tertiary/aromatic N) is 1. The van der Waals surface area contributed by atoms with E-state index in [-0.39, 0.29) is 5.92 Å². The molecule has 0 spiro atoms. The van der Waals surface area contributed by atoms with Crippen molar-refractivity contribution in [1.82, 2.24) is 0 Å². The van der Waals surface area contributed by atoms with E-state index in [0.717, 1.165) is 25.7 Å². The lowest BCUT2D eigenvalue weighted by Gasteiger charge is -2.53. The zero-order chi connectivity index (χ0) is 22.7. The maximum atomic E-state index is 12.4. The molecule has 7 rings (SSSR count). The van der Waals surface area contributed by atoms with Gasteiger partial charge in [-0.15, -0.1) is 0 Å². The van der Waals surface area contributed by atoms with Crippen LogP contribution < -0.4 is 4.74 Å². The third-order valence-corrected chi connectivity index (χ3v) is 8.46. The minimum absolute atomic E-state index is 0.227. The van der Waals surface area contributed by atoms with Gasteiger partial charge in [-0.25, -0.2) is 0 Å². The molecule has 1 aromatic rings. The van der Waals surface area contributed by atoms with Crippen molar-refractivity contribution in [1.29, 1.82) is 5.26 Å². The van der Waals surface area contributed by atoms with Crippen LogP contribution in [0.2, 0.25) is 0 Å². The Morgan fingerprint density at radius 3 is 2.75 bits per heavy atom. The van der Waals surface area contributed by atoms with Crippen LogP contribution in [0, 0.1) is 28.6 Å². The summed E-state index contributed by atoms with van der Waals surface area (Å²) >= 11 is 0. The first-order valence-electron chi connectivity index (χ1n) is 11.5. The molecule has 6 nitrogen and oxygen atoms in total. The first kappa shape index (κ1) is 21.1. The molecule has 32 heavy (non-hydrogen) atoms. The Morgan fingerprint density at radius 2 is 2.03 bits per heavy atom. The van der Waals surface area contributed by atoms with Crippen LogP contribution in [0.25, 0.3) is 0 Å². The maximum absolute atomic E-state index is 12.4. The average Bonchev–Trinajstić information content (AvgIpc) is 2.98. The average molecular weight is 436 g/mol. The van der Waals surface area contributed by atoms with Gasteiger partial charge in [0.25, 0.3) is 0 Å². The van der Waals surface area contributed by atoms with Gasteiger partial charge >= 0.3 is 11.9 Å². The van der Waals surface area contributed by atoms with E-state index >= 15 is 0 Å². The highest BCUT2D eigenvalue weighted by atomic mass is 16.6. The summed E-state index contributed by atoms with van der Waals surface area (Å²) < 4.78 is 17.9. The first-order valence-corrected chi connectivity index (χ1v) is 11.5. The molecule has 1 aromatic carbocycles. The van der Waals surface area contributed by atoms with Gasteiger partial charge in [0.05, 0.1) is 0 Å². The monoisotopic (exact) mass is 435 g/mol. The van der Waals surface area contributed by atoms with Gasteiger partial charge in [-0.05, 0) is 85.3 Å². The van der Waals surface area contributed by atoms with Gasteiger partial charge in [0.2, 0.25) is 6.10 Å². The molecule has 3 aliphatic carbocycles. The van der Waals surface area contributed by atoms with Gasteiger partial charge in [0, 0.05) is 19.3 Å². The van der Waals surface area contributed by atoms with Crippen molar-refractivity contribution in [2.45, 2.75) is 76.6 Å². The minimum atomic E-state index is -1.14. The molecule has 0 radical (unpaired) electrons. The Balaban J connectivity index is 1.73. The highest BCUT2D eigenvalue weighted by molar-refractivity contribution is 5.68. The van der Waals surface area contributed by atoms with Crippen LogP contribution in [0.3, 0.4) is 0 Å². The number of aryl methyl sites for hydroxylation is 1. The fourth-order valence-electron chi connectivity index (χ4n) is 7.22. The number of rotatable bonds is 2. The number of hydrogen-bond acceptors (Lipinski definition) is 6. The van der Waals surface area contributed by atoms with Gasteiger partial charge < -0.3 is 14.2 Å². The summed E-state index contributed by atoms with van der Waals surface area (Å²) in [5.74, 6) is 0.922. The Kier molecular flexibility index (Phi) is 4.85. The number of nitriles is 1. The molecule has 0 amide bonds. The second-order valence-electron chi connectivity index (χ2n) is 9.98. The van der Waals surface area contributed by atoms with Gasteiger partial charge in [-0.2, -0.15) is 5.26 Å². The minimum Gasteiger partial charge on any atom is -0.471 e. The Bertz CT molecular complexity index is 1040. The predicted molar refractivity (Wildman–Crippen MR) is 116 cm³/mol. The summed E-state index contributed by atoms with van der Waals surface area (Å²) in [5, 5.41) is 9.77. The molecule has 3 heterocycles. The zero-order valence-electron chi connectivity index (χ0n) is 18.8. The van der Waals surface area contributed by atoms with Gasteiger partial charge in [-0.1, -0.05) is 13.0 Å². The molecular formula is C26H29NO5. The normalized spacial score (nSPS) is 38.8. The smallest absolute Gasteiger partial charge is 0.303 e. The summed E-state index contributed by atoms with van der Waals surface area (Å²) in [6.45, 7) is 4.95. The van der Waals surface area contributed by atoms with Crippen LogP contribution in [0.15, 0.2) is 30.4 Å². The van der Waals surface area contributed by atoms with Gasteiger partial charge in [0.1, 0.15) is 17.9 Å². The topological polar surface area (TPSA) is 85.6 Å². The van der Waals surface area contributed by atoms with Gasteiger partial charge in [-0.3, -0.25) is 9.59 Å². The molecule has 2 saturated carbocycles. The van der Waals surface area contributed by atoms with E-state index in [9.17, 15) is 14.9 Å². The van der Waals surface area contributed by atoms with Crippen molar-refractivity contribution in [2.75, 3.05) is 0 Å². The van der Waals surface area contributed by atoms with Crippen molar-refractivity contribution in [3.05, 3.63) is 41.5 Å². The summed E-state index contributed by atoms with van der Waals surface area (Å²) in [5.41, 5.74) is 1.11. The number of benzene rings is 1. The summed E-state index contributed by atoms with van der Waals surface area (Å²) in [4.78, 5) is 24.5. The van der Waals surface area contributed by atoms with Crippen molar-refractivity contribution in [2.24, 2.45) is 17.3 Å². The maximum Gasteiger partial charge on any atom is 0.303 e. The number of fused-ring (bicyclic) bond motifs is 2. The standard InChI is InChI=1S/C26H29NO5/c1-15(28)30-24-13-23-22-6-4-17-12-18-5-7-20(17)21(22)9-10-25(23,3)26(24,32-16(2)29)11-8-19(14-27)31-18/h5,7-8,11-12,19,21-24H,4,6,9-10,13H2,1-3H3/t19?,21?,22-,23-,24-,25-,26+/m0/s1. The van der Waals surface area contributed by atoms with Crippen LogP contribution in [-0.4, -0.2) is 29.7 Å². The number of esters is 2. The van der Waals surface area contributed by atoms with E-state index < -0.39 is 35.2 Å². The zero-order valence-corrected chi connectivity index (χ0v) is 18.8. The van der Waals surface area contributed by atoms with Crippen LogP contribution >= 0.6 is 0 Å². The Morgan fingerprint density at radius 1 is 1.22 bits per heavy atom. The third kappa shape index (κ3) is 2.97. The van der Waals surface area contributed by atoms with Gasteiger partial charge in [0.15, 0.2) is 5.60 Å². The quantitative estimate of drug-likeness (QED) is 0.511. The molecular weight excluding hydrogens is 406 g/mol. The van der Waals surface area contributed by atoms with Crippen molar-refractivity contribution >= 4 is 11.9 Å². The molecule has 2 unspecified atom stereocenters. The molecule has 3 aliphatic heterocycles. The third-order valence-electron chi connectivity index (χ3n) is 8.46. The lowest BCUT2D eigenvalue weighted by atomic mass is 9.53. The molecule has 0 N–H and O–H groups in total. The molecule has 0 saturated heterocycles.